The van der Waals surface area contributed by atoms with Gasteiger partial charge in [-0.2, -0.15) is 0 Å². The van der Waals surface area contributed by atoms with Crippen molar-refractivity contribution < 1.29 is 13.6 Å². The number of aromatic amines is 1. The summed E-state index contributed by atoms with van der Waals surface area (Å²) in [4.78, 5) is 19.2. The third kappa shape index (κ3) is 2.92. The van der Waals surface area contributed by atoms with Crippen molar-refractivity contribution in [1.29, 1.82) is 0 Å². The monoisotopic (exact) mass is 363 g/mol. The molecule has 0 bridgehead atoms. The van der Waals surface area contributed by atoms with Crippen LogP contribution in [0.4, 0.5) is 8.78 Å². The highest BCUT2D eigenvalue weighted by atomic mass is 28.3. The lowest BCUT2D eigenvalue weighted by atomic mass is 10.2. The number of pyridine rings is 1. The van der Waals surface area contributed by atoms with Gasteiger partial charge in [0.2, 0.25) is 0 Å². The molecule has 126 valence electrons. The normalized spacial score (nSPS) is 19.8. The summed E-state index contributed by atoms with van der Waals surface area (Å²) in [5, 5.41) is 3.03. The van der Waals surface area contributed by atoms with E-state index in [1.807, 2.05) is 0 Å². The standard InChI is InChI=1S/C16H19F2N3OSi2/c1-8-12(17)13(18)10-6-11(21-14(10)19-8)15(22)20-9-4-5-16(7-9,23-2)24-3/h6,9H,4-5,7H2,1-3H3,(H,19,21)(H,20,22)/t9-/m1/s1. The van der Waals surface area contributed by atoms with Crippen LogP contribution in [-0.4, -0.2) is 41.0 Å². The molecule has 1 fully saturated rings. The molecule has 1 aliphatic rings. The molecule has 4 nitrogen and oxygen atoms in total. The molecule has 0 unspecified atom stereocenters. The maximum Gasteiger partial charge on any atom is 0.267 e. The second-order valence-corrected chi connectivity index (χ2v) is 9.68. The van der Waals surface area contributed by atoms with Crippen LogP contribution in [0.2, 0.25) is 17.8 Å². The van der Waals surface area contributed by atoms with Crippen LogP contribution in [0.1, 0.15) is 35.4 Å². The van der Waals surface area contributed by atoms with E-state index in [4.69, 9.17) is 0 Å². The van der Waals surface area contributed by atoms with Crippen LogP contribution in [0.25, 0.3) is 11.0 Å². The molecule has 1 atom stereocenters. The van der Waals surface area contributed by atoms with Crippen LogP contribution < -0.4 is 5.32 Å². The van der Waals surface area contributed by atoms with E-state index >= 15 is 0 Å². The third-order valence-corrected chi connectivity index (χ3v) is 9.20. The Morgan fingerprint density at radius 2 is 2.08 bits per heavy atom. The van der Waals surface area contributed by atoms with E-state index in [1.54, 1.807) is 0 Å². The number of carbonyl (C=O) groups is 1. The zero-order valence-electron chi connectivity index (χ0n) is 13.9. The van der Waals surface area contributed by atoms with Crippen LogP contribution >= 0.6 is 0 Å². The molecule has 2 aromatic heterocycles. The predicted molar refractivity (Wildman–Crippen MR) is 91.8 cm³/mol. The largest absolute Gasteiger partial charge is 0.348 e. The van der Waals surface area contributed by atoms with E-state index in [2.05, 4.69) is 28.4 Å². The van der Waals surface area contributed by atoms with Gasteiger partial charge in [-0.1, -0.05) is 19.5 Å². The van der Waals surface area contributed by atoms with Crippen molar-refractivity contribution in [3.8, 4) is 0 Å². The summed E-state index contributed by atoms with van der Waals surface area (Å²) < 4.78 is 27.9. The van der Waals surface area contributed by atoms with Gasteiger partial charge in [-0.3, -0.25) is 4.79 Å². The maximum atomic E-state index is 14.0. The first-order chi connectivity index (χ1) is 11.4. The fraction of sp³-hybridized carbons (Fsp3) is 0.500. The van der Waals surface area contributed by atoms with Crippen molar-refractivity contribution in [3.05, 3.63) is 29.1 Å². The molecule has 2 heterocycles. The van der Waals surface area contributed by atoms with Gasteiger partial charge in [0.05, 0.1) is 11.1 Å². The molecule has 0 spiro atoms. The zero-order chi connectivity index (χ0) is 17.5. The van der Waals surface area contributed by atoms with Gasteiger partial charge in [0, 0.05) is 25.1 Å². The fourth-order valence-corrected chi connectivity index (χ4v) is 6.02. The predicted octanol–water partition coefficient (Wildman–Crippen LogP) is 3.05. The minimum absolute atomic E-state index is 0.00842. The molecule has 24 heavy (non-hydrogen) atoms. The first-order valence-electron chi connectivity index (χ1n) is 7.92. The first-order valence-corrected chi connectivity index (χ1v) is 10.9. The molecule has 0 aliphatic heterocycles. The number of halogens is 2. The number of amides is 1. The number of nitrogens with one attached hydrogen (secondary N) is 2. The zero-order valence-corrected chi connectivity index (χ0v) is 15.9. The Balaban J connectivity index is 1.79. The summed E-state index contributed by atoms with van der Waals surface area (Å²) in [6, 6.07) is 1.47. The number of nitrogens with zero attached hydrogens (tertiary/aromatic N) is 1. The van der Waals surface area contributed by atoms with Gasteiger partial charge in [-0.05, 0) is 30.5 Å². The van der Waals surface area contributed by atoms with Crippen LogP contribution in [0.15, 0.2) is 6.07 Å². The highest BCUT2D eigenvalue weighted by molar-refractivity contribution is 6.60. The number of aryl methyl sites for hydroxylation is 1. The Bertz CT molecular complexity index is 789. The van der Waals surface area contributed by atoms with E-state index in [0.29, 0.717) is 4.66 Å². The summed E-state index contributed by atoms with van der Waals surface area (Å²) in [6.07, 6.45) is 3.09. The van der Waals surface area contributed by atoms with Crippen molar-refractivity contribution in [2.45, 2.75) is 50.0 Å². The highest BCUT2D eigenvalue weighted by Gasteiger charge is 2.37. The lowest BCUT2D eigenvalue weighted by Crippen LogP contribution is -2.34. The van der Waals surface area contributed by atoms with Gasteiger partial charge < -0.3 is 10.3 Å². The van der Waals surface area contributed by atoms with Gasteiger partial charge in [-0.15, -0.1) is 0 Å². The van der Waals surface area contributed by atoms with Crippen molar-refractivity contribution in [2.75, 3.05) is 0 Å². The van der Waals surface area contributed by atoms with Crippen LogP contribution in [0.5, 0.6) is 0 Å². The highest BCUT2D eigenvalue weighted by Crippen LogP contribution is 2.43. The summed E-state index contributed by atoms with van der Waals surface area (Å²) in [5.41, 5.74) is 0.390. The molecule has 0 saturated heterocycles. The minimum atomic E-state index is -0.970. The Hall–Kier alpha value is -1.55. The van der Waals surface area contributed by atoms with E-state index < -0.39 is 11.6 Å². The minimum Gasteiger partial charge on any atom is -0.348 e. The molecule has 3 rings (SSSR count). The number of rotatable bonds is 4. The fourth-order valence-electron chi connectivity index (χ4n) is 3.33. The molecule has 8 heteroatoms. The Morgan fingerprint density at radius 1 is 1.38 bits per heavy atom. The summed E-state index contributed by atoms with van der Waals surface area (Å²) in [6.45, 7) is 5.85. The van der Waals surface area contributed by atoms with Gasteiger partial charge >= 0.3 is 0 Å². The van der Waals surface area contributed by atoms with Gasteiger partial charge in [-0.25, -0.2) is 13.8 Å². The lowest BCUT2D eigenvalue weighted by Gasteiger charge is -2.24. The van der Waals surface area contributed by atoms with Crippen molar-refractivity contribution >= 4 is 36.0 Å². The first kappa shape index (κ1) is 17.3. The SMILES string of the molecule is C[Si]C1([Si]C)CC[C@@H](NC(=O)c2cc3c(F)c(F)c(C)nc3[nH]2)C1. The van der Waals surface area contributed by atoms with Crippen molar-refractivity contribution in [3.63, 3.8) is 0 Å². The molecule has 1 saturated carbocycles. The molecule has 2 aromatic rings. The third-order valence-electron chi connectivity index (χ3n) is 4.87. The van der Waals surface area contributed by atoms with Crippen LogP contribution in [0.3, 0.4) is 0 Å². The number of carbonyl (C=O) groups excluding carboxylic acids is 1. The molecule has 0 aromatic carbocycles. The molecule has 1 amide bonds. The van der Waals surface area contributed by atoms with Gasteiger partial charge in [0.15, 0.2) is 11.6 Å². The number of fused-ring (bicyclic) bond motifs is 1. The molecule has 2 N–H and O–H groups in total. The number of hydrogen-bond donors (Lipinski definition) is 2. The van der Waals surface area contributed by atoms with Crippen LogP contribution in [0, 0.1) is 18.6 Å². The van der Waals surface area contributed by atoms with E-state index in [0.717, 1.165) is 38.3 Å². The average Bonchev–Trinajstić information content (AvgIpc) is 3.17. The van der Waals surface area contributed by atoms with E-state index in [1.165, 1.54) is 13.0 Å². The molecule has 1 aliphatic carbocycles. The Kier molecular flexibility index (Phi) is 4.61. The second-order valence-electron chi connectivity index (χ2n) is 6.27. The smallest absolute Gasteiger partial charge is 0.267 e. The summed E-state index contributed by atoms with van der Waals surface area (Å²) >= 11 is 0. The molecular weight excluding hydrogens is 344 g/mol. The average molecular weight is 364 g/mol. The molecule has 4 radical (unpaired) electrons. The van der Waals surface area contributed by atoms with E-state index in [9.17, 15) is 13.6 Å². The Morgan fingerprint density at radius 3 is 2.71 bits per heavy atom. The topological polar surface area (TPSA) is 57.8 Å². The summed E-state index contributed by atoms with van der Waals surface area (Å²) in [5.74, 6) is -2.22. The van der Waals surface area contributed by atoms with Crippen molar-refractivity contribution in [1.82, 2.24) is 15.3 Å². The maximum absolute atomic E-state index is 14.0. The second kappa shape index (κ2) is 6.40. The quantitative estimate of drug-likeness (QED) is 0.820. The lowest BCUT2D eigenvalue weighted by molar-refractivity contribution is 0.0933. The van der Waals surface area contributed by atoms with Gasteiger partial charge in [0.25, 0.3) is 5.91 Å². The number of aromatic nitrogens is 2. The Labute approximate surface area is 144 Å². The van der Waals surface area contributed by atoms with Gasteiger partial charge in [0.1, 0.15) is 11.3 Å². The van der Waals surface area contributed by atoms with Crippen LogP contribution in [-0.2, 0) is 0 Å². The van der Waals surface area contributed by atoms with Crippen molar-refractivity contribution in [2.24, 2.45) is 0 Å². The number of hydrogen-bond acceptors (Lipinski definition) is 2. The number of H-pyrrole nitrogens is 1. The van der Waals surface area contributed by atoms with E-state index in [-0.39, 0.29) is 34.4 Å². The molecular formula is C16H19F2N3OSi2. The summed E-state index contributed by atoms with van der Waals surface area (Å²) in [7, 11) is 1.74.